The minimum Gasteiger partial charge on any atom is -0.387 e. The Labute approximate surface area is 122 Å². The number of nitrogens with zero attached hydrogens (tertiary/aromatic N) is 2. The summed E-state index contributed by atoms with van der Waals surface area (Å²) in [5.74, 6) is 6.80. The molecular formula is C13H19N5OS. The van der Waals surface area contributed by atoms with E-state index in [0.717, 1.165) is 24.0 Å². The normalized spacial score (nSPS) is 12.2. The molecule has 0 radical (unpaired) electrons. The van der Waals surface area contributed by atoms with Crippen molar-refractivity contribution < 1.29 is 5.11 Å². The number of nitrogens with one attached hydrogen (secondary N) is 2. The lowest BCUT2D eigenvalue weighted by molar-refractivity contribution is 0.192. The van der Waals surface area contributed by atoms with E-state index in [0.29, 0.717) is 18.2 Å². The summed E-state index contributed by atoms with van der Waals surface area (Å²) in [6.07, 6.45) is 2.68. The van der Waals surface area contributed by atoms with Gasteiger partial charge in [-0.2, -0.15) is 11.3 Å². The van der Waals surface area contributed by atoms with Gasteiger partial charge in [0, 0.05) is 12.1 Å². The zero-order valence-electron chi connectivity index (χ0n) is 11.3. The molecule has 7 heteroatoms. The maximum Gasteiger partial charge on any atom is 0.148 e. The lowest BCUT2D eigenvalue weighted by Gasteiger charge is -2.15. The van der Waals surface area contributed by atoms with Crippen LogP contribution in [0.15, 0.2) is 23.2 Å². The lowest BCUT2D eigenvalue weighted by Crippen LogP contribution is -2.17. The Hall–Kier alpha value is -1.70. The minimum absolute atomic E-state index is 0.397. The average Bonchev–Trinajstić information content (AvgIpc) is 3.00. The van der Waals surface area contributed by atoms with Crippen LogP contribution in [-0.4, -0.2) is 21.6 Å². The smallest absolute Gasteiger partial charge is 0.148 e. The number of rotatable bonds is 7. The number of nitrogen functional groups attached to an aromatic ring is 1. The Kier molecular flexibility index (Phi) is 5.28. The molecular weight excluding hydrogens is 274 g/mol. The van der Waals surface area contributed by atoms with Crippen LogP contribution in [0.1, 0.15) is 30.6 Å². The second-order valence-electron chi connectivity index (χ2n) is 4.40. The van der Waals surface area contributed by atoms with E-state index < -0.39 is 6.10 Å². The molecule has 0 fully saturated rings. The number of hydrogen-bond acceptors (Lipinski definition) is 7. The first kappa shape index (κ1) is 14.7. The molecule has 20 heavy (non-hydrogen) atoms. The zero-order valence-corrected chi connectivity index (χ0v) is 12.2. The van der Waals surface area contributed by atoms with Gasteiger partial charge >= 0.3 is 0 Å². The summed E-state index contributed by atoms with van der Waals surface area (Å²) in [5, 5.41) is 17.1. The van der Waals surface area contributed by atoms with Crippen molar-refractivity contribution in [1.29, 1.82) is 0 Å². The Morgan fingerprint density at radius 3 is 2.85 bits per heavy atom. The van der Waals surface area contributed by atoms with Crippen molar-refractivity contribution >= 4 is 23.0 Å². The zero-order chi connectivity index (χ0) is 14.4. The first-order valence-corrected chi connectivity index (χ1v) is 7.45. The van der Waals surface area contributed by atoms with Gasteiger partial charge in [-0.15, -0.1) is 0 Å². The molecule has 1 atom stereocenters. The van der Waals surface area contributed by atoms with E-state index in [1.54, 1.807) is 11.3 Å². The molecule has 0 aliphatic heterocycles. The van der Waals surface area contributed by atoms with Crippen molar-refractivity contribution in [2.45, 2.75) is 25.9 Å². The molecule has 0 amide bonds. The molecule has 5 N–H and O–H groups in total. The third kappa shape index (κ3) is 3.44. The summed E-state index contributed by atoms with van der Waals surface area (Å²) in [6, 6.07) is 1.91. The van der Waals surface area contributed by atoms with Crippen LogP contribution in [0.4, 0.5) is 11.6 Å². The molecule has 0 aromatic carbocycles. The Balaban J connectivity index is 2.08. The van der Waals surface area contributed by atoms with E-state index in [9.17, 15) is 5.11 Å². The van der Waals surface area contributed by atoms with E-state index in [1.165, 1.54) is 6.33 Å². The van der Waals surface area contributed by atoms with Crippen molar-refractivity contribution in [2.75, 3.05) is 17.3 Å². The second-order valence-corrected chi connectivity index (χ2v) is 5.18. The number of nitrogens with two attached hydrogens (primary N) is 1. The summed E-state index contributed by atoms with van der Waals surface area (Å²) in [7, 11) is 0. The highest BCUT2D eigenvalue weighted by molar-refractivity contribution is 7.07. The average molecular weight is 293 g/mol. The fourth-order valence-corrected chi connectivity index (χ4v) is 2.66. The maximum absolute atomic E-state index is 10.1. The number of anilines is 2. The van der Waals surface area contributed by atoms with E-state index in [1.807, 2.05) is 16.8 Å². The highest BCUT2D eigenvalue weighted by Crippen LogP contribution is 2.22. The molecule has 6 nitrogen and oxygen atoms in total. The Morgan fingerprint density at radius 2 is 2.20 bits per heavy atom. The first-order chi connectivity index (χ1) is 9.76. The van der Waals surface area contributed by atoms with Crippen molar-refractivity contribution in [3.05, 3.63) is 34.3 Å². The van der Waals surface area contributed by atoms with Crippen LogP contribution in [0.2, 0.25) is 0 Å². The SMILES string of the molecule is CCCc1c(NN)ncnc1NCC(O)c1ccsc1. The number of thiophene rings is 1. The summed E-state index contributed by atoms with van der Waals surface area (Å²) in [6.45, 7) is 2.48. The standard InChI is InChI=1S/C13H19N5OS/c1-2-3-10-12(16-8-17-13(10)18-14)15-6-11(19)9-4-5-20-7-9/h4-5,7-8,11,19H,2-3,6,14H2,1H3,(H2,15,16,17,18). The predicted molar refractivity (Wildman–Crippen MR) is 81.6 cm³/mol. The van der Waals surface area contributed by atoms with E-state index in [4.69, 9.17) is 5.84 Å². The predicted octanol–water partition coefficient (Wildman–Crippen LogP) is 1.92. The minimum atomic E-state index is -0.556. The third-order valence-corrected chi connectivity index (χ3v) is 3.67. The van der Waals surface area contributed by atoms with E-state index in [-0.39, 0.29) is 0 Å². The van der Waals surface area contributed by atoms with E-state index in [2.05, 4.69) is 27.6 Å². The third-order valence-electron chi connectivity index (χ3n) is 2.97. The monoisotopic (exact) mass is 293 g/mol. The fraction of sp³-hybridized carbons (Fsp3) is 0.385. The fourth-order valence-electron chi connectivity index (χ4n) is 1.95. The Morgan fingerprint density at radius 1 is 1.40 bits per heavy atom. The van der Waals surface area contributed by atoms with Gasteiger partial charge in [0.1, 0.15) is 18.0 Å². The number of aliphatic hydroxyl groups is 1. The van der Waals surface area contributed by atoms with Crippen LogP contribution in [0.5, 0.6) is 0 Å². The van der Waals surface area contributed by atoms with Crippen molar-refractivity contribution in [1.82, 2.24) is 9.97 Å². The van der Waals surface area contributed by atoms with Gasteiger partial charge in [0.25, 0.3) is 0 Å². The van der Waals surface area contributed by atoms with Crippen molar-refractivity contribution in [2.24, 2.45) is 5.84 Å². The van der Waals surface area contributed by atoms with Crippen LogP contribution >= 0.6 is 11.3 Å². The van der Waals surface area contributed by atoms with Crippen LogP contribution < -0.4 is 16.6 Å². The number of aliphatic hydroxyl groups excluding tert-OH is 1. The molecule has 0 saturated carbocycles. The molecule has 0 bridgehead atoms. The van der Waals surface area contributed by atoms with Crippen molar-refractivity contribution in [3.63, 3.8) is 0 Å². The second kappa shape index (κ2) is 7.18. The molecule has 1 unspecified atom stereocenters. The van der Waals surface area contributed by atoms with E-state index >= 15 is 0 Å². The summed E-state index contributed by atoms with van der Waals surface area (Å²) in [4.78, 5) is 8.34. The van der Waals surface area contributed by atoms with Gasteiger partial charge < -0.3 is 15.8 Å². The van der Waals surface area contributed by atoms with Crippen LogP contribution in [0.3, 0.4) is 0 Å². The largest absolute Gasteiger partial charge is 0.387 e. The quantitative estimate of drug-likeness (QED) is 0.460. The molecule has 0 saturated heterocycles. The van der Waals surface area contributed by atoms with Gasteiger partial charge in [-0.25, -0.2) is 15.8 Å². The molecule has 108 valence electrons. The molecule has 2 aromatic heterocycles. The summed E-state index contributed by atoms with van der Waals surface area (Å²) in [5.41, 5.74) is 4.43. The molecule has 2 heterocycles. The van der Waals surface area contributed by atoms with Gasteiger partial charge in [-0.3, -0.25) is 0 Å². The number of aromatic nitrogens is 2. The topological polar surface area (TPSA) is 96.1 Å². The van der Waals surface area contributed by atoms with Gasteiger partial charge in [0.05, 0.1) is 6.10 Å². The van der Waals surface area contributed by atoms with Crippen LogP contribution in [0, 0.1) is 0 Å². The van der Waals surface area contributed by atoms with Gasteiger partial charge in [-0.1, -0.05) is 13.3 Å². The Bertz CT molecular complexity index is 532. The summed E-state index contributed by atoms with van der Waals surface area (Å²) >= 11 is 1.57. The summed E-state index contributed by atoms with van der Waals surface area (Å²) < 4.78 is 0. The molecule has 0 aliphatic carbocycles. The number of hydrazine groups is 1. The highest BCUT2D eigenvalue weighted by atomic mass is 32.1. The maximum atomic E-state index is 10.1. The molecule has 2 rings (SSSR count). The van der Waals surface area contributed by atoms with Crippen molar-refractivity contribution in [3.8, 4) is 0 Å². The van der Waals surface area contributed by atoms with Crippen LogP contribution in [-0.2, 0) is 6.42 Å². The molecule has 0 aliphatic rings. The molecule has 0 spiro atoms. The van der Waals surface area contributed by atoms with Gasteiger partial charge in [0.15, 0.2) is 0 Å². The van der Waals surface area contributed by atoms with Gasteiger partial charge in [0.2, 0.25) is 0 Å². The van der Waals surface area contributed by atoms with Crippen LogP contribution in [0.25, 0.3) is 0 Å². The lowest BCUT2D eigenvalue weighted by atomic mass is 10.1. The van der Waals surface area contributed by atoms with Gasteiger partial charge in [-0.05, 0) is 28.8 Å². The molecule has 2 aromatic rings. The number of hydrogen-bond donors (Lipinski definition) is 4. The first-order valence-electron chi connectivity index (χ1n) is 6.50. The highest BCUT2D eigenvalue weighted by Gasteiger charge is 2.12.